The summed E-state index contributed by atoms with van der Waals surface area (Å²) in [6.07, 6.45) is 0.833. The molecule has 8 heteroatoms. The van der Waals surface area contributed by atoms with Crippen LogP contribution in [-0.4, -0.2) is 60.7 Å². The topological polar surface area (TPSA) is 70.0 Å². The molecule has 0 unspecified atom stereocenters. The number of halogens is 1. The van der Waals surface area contributed by atoms with Gasteiger partial charge in [-0.3, -0.25) is 9.89 Å². The molecule has 0 bridgehead atoms. The van der Waals surface area contributed by atoms with Crippen LogP contribution >= 0.6 is 24.0 Å². The third-order valence-electron chi connectivity index (χ3n) is 5.08. The zero-order valence-corrected chi connectivity index (χ0v) is 19.3. The Kier molecular flexibility index (Phi) is 7.54. The maximum absolute atomic E-state index is 5.89. The number of fused-ring (bicyclic) bond motifs is 1. The van der Waals surface area contributed by atoms with Crippen molar-refractivity contribution in [2.24, 2.45) is 4.99 Å². The van der Waals surface area contributed by atoms with E-state index in [1.807, 2.05) is 38.2 Å². The van der Waals surface area contributed by atoms with Crippen LogP contribution in [0.4, 0.5) is 0 Å². The van der Waals surface area contributed by atoms with E-state index in [1.165, 1.54) is 0 Å². The van der Waals surface area contributed by atoms with Crippen molar-refractivity contribution in [3.05, 3.63) is 53.6 Å². The van der Waals surface area contributed by atoms with Crippen LogP contribution in [-0.2, 0) is 13.0 Å². The van der Waals surface area contributed by atoms with Crippen LogP contribution in [0.2, 0.25) is 0 Å². The minimum atomic E-state index is 0. The third kappa shape index (κ3) is 5.51. The van der Waals surface area contributed by atoms with E-state index >= 15 is 0 Å². The highest BCUT2D eigenvalue weighted by atomic mass is 127. The van der Waals surface area contributed by atoms with E-state index in [2.05, 4.69) is 37.4 Å². The SMILES string of the molecule is CN=C(NCCc1cc2ccccc2o1)N1CCN(Cc2cc(C)on2)CC1.I. The van der Waals surface area contributed by atoms with Crippen LogP contribution in [0, 0.1) is 6.92 Å². The second-order valence-corrected chi connectivity index (χ2v) is 7.17. The summed E-state index contributed by atoms with van der Waals surface area (Å²) in [5.74, 6) is 2.81. The van der Waals surface area contributed by atoms with Gasteiger partial charge in [0.2, 0.25) is 0 Å². The number of benzene rings is 1. The number of piperazine rings is 1. The van der Waals surface area contributed by atoms with Gasteiger partial charge in [-0.15, -0.1) is 24.0 Å². The van der Waals surface area contributed by atoms with Crippen molar-refractivity contribution in [3.63, 3.8) is 0 Å². The molecule has 0 radical (unpaired) electrons. The molecule has 1 saturated heterocycles. The molecule has 3 aromatic rings. The number of hydrogen-bond donors (Lipinski definition) is 1. The lowest BCUT2D eigenvalue weighted by Gasteiger charge is -2.36. The second-order valence-electron chi connectivity index (χ2n) is 7.17. The molecule has 1 N–H and O–H groups in total. The molecule has 29 heavy (non-hydrogen) atoms. The molecular formula is C21H28IN5O2. The predicted molar refractivity (Wildman–Crippen MR) is 125 cm³/mol. The number of aliphatic imine (C=N–C) groups is 1. The molecule has 1 aliphatic rings. The minimum Gasteiger partial charge on any atom is -0.461 e. The fourth-order valence-electron chi connectivity index (χ4n) is 3.63. The lowest BCUT2D eigenvalue weighted by Crippen LogP contribution is -2.52. The lowest BCUT2D eigenvalue weighted by atomic mass is 10.2. The molecule has 0 aliphatic carbocycles. The van der Waals surface area contributed by atoms with Crippen LogP contribution in [0.5, 0.6) is 0 Å². The average Bonchev–Trinajstić information content (AvgIpc) is 3.31. The summed E-state index contributed by atoms with van der Waals surface area (Å²) in [6.45, 7) is 7.41. The molecule has 0 amide bonds. The number of aromatic nitrogens is 1. The van der Waals surface area contributed by atoms with Crippen molar-refractivity contribution in [1.82, 2.24) is 20.3 Å². The molecule has 4 rings (SSSR count). The van der Waals surface area contributed by atoms with E-state index < -0.39 is 0 Å². The van der Waals surface area contributed by atoms with E-state index in [-0.39, 0.29) is 24.0 Å². The molecule has 0 saturated carbocycles. The molecule has 2 aromatic heterocycles. The first-order valence-electron chi connectivity index (χ1n) is 9.79. The van der Waals surface area contributed by atoms with Gasteiger partial charge in [0.25, 0.3) is 0 Å². The van der Waals surface area contributed by atoms with Gasteiger partial charge in [-0.1, -0.05) is 23.4 Å². The molecular weight excluding hydrogens is 481 g/mol. The van der Waals surface area contributed by atoms with Gasteiger partial charge in [0, 0.05) is 64.2 Å². The van der Waals surface area contributed by atoms with E-state index in [0.717, 1.165) is 79.8 Å². The van der Waals surface area contributed by atoms with Crippen molar-refractivity contribution >= 4 is 40.9 Å². The van der Waals surface area contributed by atoms with Crippen molar-refractivity contribution in [2.45, 2.75) is 19.9 Å². The predicted octanol–water partition coefficient (Wildman–Crippen LogP) is 3.28. The first-order valence-corrected chi connectivity index (χ1v) is 9.79. The number of furan rings is 1. The Hall–Kier alpha value is -2.07. The summed E-state index contributed by atoms with van der Waals surface area (Å²) in [6, 6.07) is 12.2. The maximum atomic E-state index is 5.89. The molecule has 0 atom stereocenters. The van der Waals surface area contributed by atoms with Gasteiger partial charge in [0.1, 0.15) is 17.1 Å². The Morgan fingerprint density at radius 3 is 2.66 bits per heavy atom. The summed E-state index contributed by atoms with van der Waals surface area (Å²) in [7, 11) is 1.84. The zero-order valence-electron chi connectivity index (χ0n) is 16.9. The van der Waals surface area contributed by atoms with E-state index in [1.54, 1.807) is 0 Å². The monoisotopic (exact) mass is 509 g/mol. The highest BCUT2D eigenvalue weighted by Crippen LogP contribution is 2.18. The largest absolute Gasteiger partial charge is 0.461 e. The number of hydrogen-bond acceptors (Lipinski definition) is 5. The van der Waals surface area contributed by atoms with Crippen LogP contribution in [0.15, 0.2) is 50.3 Å². The summed E-state index contributed by atoms with van der Waals surface area (Å²) >= 11 is 0. The third-order valence-corrected chi connectivity index (χ3v) is 5.08. The Morgan fingerprint density at radius 1 is 1.17 bits per heavy atom. The Bertz CT molecular complexity index is 910. The van der Waals surface area contributed by atoms with Crippen molar-refractivity contribution < 1.29 is 8.94 Å². The molecule has 1 aliphatic heterocycles. The highest BCUT2D eigenvalue weighted by molar-refractivity contribution is 14.0. The Balaban J connectivity index is 0.00000240. The molecule has 0 spiro atoms. The number of guanidine groups is 1. The highest BCUT2D eigenvalue weighted by Gasteiger charge is 2.20. The molecule has 156 valence electrons. The Morgan fingerprint density at radius 2 is 1.97 bits per heavy atom. The summed E-state index contributed by atoms with van der Waals surface area (Å²) in [4.78, 5) is 9.16. The first-order chi connectivity index (χ1) is 13.7. The van der Waals surface area contributed by atoms with Crippen molar-refractivity contribution in [2.75, 3.05) is 39.8 Å². The van der Waals surface area contributed by atoms with E-state index in [0.29, 0.717) is 0 Å². The normalized spacial score (nSPS) is 15.5. The summed E-state index contributed by atoms with van der Waals surface area (Å²) < 4.78 is 11.0. The number of para-hydroxylation sites is 1. The lowest BCUT2D eigenvalue weighted by molar-refractivity contribution is 0.169. The van der Waals surface area contributed by atoms with Crippen LogP contribution in [0.3, 0.4) is 0 Å². The molecule has 1 fully saturated rings. The minimum absolute atomic E-state index is 0. The number of nitrogens with zero attached hydrogens (tertiary/aromatic N) is 4. The smallest absolute Gasteiger partial charge is 0.193 e. The molecule has 1 aromatic carbocycles. The van der Waals surface area contributed by atoms with Gasteiger partial charge in [0.05, 0.1) is 5.69 Å². The van der Waals surface area contributed by atoms with Crippen molar-refractivity contribution in [3.8, 4) is 0 Å². The zero-order chi connectivity index (χ0) is 19.3. The second kappa shape index (κ2) is 10.1. The van der Waals surface area contributed by atoms with Gasteiger partial charge < -0.3 is 19.2 Å². The fourth-order valence-corrected chi connectivity index (χ4v) is 3.63. The van der Waals surface area contributed by atoms with E-state index in [9.17, 15) is 0 Å². The fraction of sp³-hybridized carbons (Fsp3) is 0.429. The quantitative estimate of drug-likeness (QED) is 0.324. The molecule has 3 heterocycles. The number of nitrogens with one attached hydrogen (secondary N) is 1. The first kappa shape index (κ1) is 21.6. The van der Waals surface area contributed by atoms with Gasteiger partial charge in [-0.25, -0.2) is 0 Å². The van der Waals surface area contributed by atoms with Gasteiger partial charge in [-0.05, 0) is 19.1 Å². The average molecular weight is 509 g/mol. The summed E-state index contributed by atoms with van der Waals surface area (Å²) in [5.41, 5.74) is 1.94. The molecule has 7 nitrogen and oxygen atoms in total. The summed E-state index contributed by atoms with van der Waals surface area (Å²) in [5, 5.41) is 8.71. The number of rotatable bonds is 5. The maximum Gasteiger partial charge on any atom is 0.193 e. The Labute approximate surface area is 188 Å². The standard InChI is InChI=1S/C21H27N5O2.HI/c1-16-13-18(24-28-16)15-25-9-11-26(12-10-25)21(22-2)23-8-7-19-14-17-5-3-4-6-20(17)27-19;/h3-6,13-14H,7-12,15H2,1-2H3,(H,22,23);1H. The number of aryl methyl sites for hydroxylation is 1. The van der Waals surface area contributed by atoms with E-state index in [4.69, 9.17) is 8.94 Å². The van der Waals surface area contributed by atoms with Crippen LogP contribution in [0.1, 0.15) is 17.2 Å². The van der Waals surface area contributed by atoms with Gasteiger partial charge >= 0.3 is 0 Å². The van der Waals surface area contributed by atoms with Gasteiger partial charge in [0.15, 0.2) is 5.96 Å². The van der Waals surface area contributed by atoms with Crippen LogP contribution in [0.25, 0.3) is 11.0 Å². The van der Waals surface area contributed by atoms with Gasteiger partial charge in [-0.2, -0.15) is 0 Å². The van der Waals surface area contributed by atoms with Crippen molar-refractivity contribution in [1.29, 1.82) is 0 Å². The van der Waals surface area contributed by atoms with Crippen LogP contribution < -0.4 is 5.32 Å².